The molecule has 0 saturated carbocycles. The van der Waals surface area contributed by atoms with E-state index in [9.17, 15) is 9.18 Å². The molecule has 1 saturated heterocycles. The van der Waals surface area contributed by atoms with Gasteiger partial charge in [-0.1, -0.05) is 36.4 Å². The van der Waals surface area contributed by atoms with Gasteiger partial charge >= 0.3 is 0 Å². The van der Waals surface area contributed by atoms with Gasteiger partial charge in [-0.05, 0) is 68.8 Å². The molecule has 1 N–H and O–H groups in total. The zero-order valence-electron chi connectivity index (χ0n) is 18.1. The number of nitrogens with zero attached hydrogens (tertiary/aromatic N) is 1. The lowest BCUT2D eigenvalue weighted by Crippen LogP contribution is -2.42. The van der Waals surface area contributed by atoms with Crippen LogP contribution in [0.1, 0.15) is 44.2 Å². The Morgan fingerprint density at radius 3 is 2.53 bits per heavy atom. The molecule has 1 fully saturated rings. The number of nitrogens with one attached hydrogen (secondary N) is 1. The van der Waals surface area contributed by atoms with Crippen LogP contribution < -0.4 is 5.32 Å². The van der Waals surface area contributed by atoms with Crippen molar-refractivity contribution < 1.29 is 13.9 Å². The maximum absolute atomic E-state index is 14.5. The van der Waals surface area contributed by atoms with Crippen molar-refractivity contribution in [2.24, 2.45) is 5.41 Å². The summed E-state index contributed by atoms with van der Waals surface area (Å²) in [5, 5.41) is 2.63. The molecule has 1 aliphatic rings. The highest BCUT2D eigenvalue weighted by molar-refractivity contribution is 5.88. The predicted molar refractivity (Wildman–Crippen MR) is 119 cm³/mol. The van der Waals surface area contributed by atoms with Crippen molar-refractivity contribution in [3.8, 4) is 0 Å². The van der Waals surface area contributed by atoms with E-state index in [1.165, 1.54) is 18.6 Å². The Bertz CT molecular complexity index is 817. The third kappa shape index (κ3) is 6.38. The van der Waals surface area contributed by atoms with Crippen LogP contribution in [0.25, 0.3) is 0 Å². The number of benzene rings is 2. The summed E-state index contributed by atoms with van der Waals surface area (Å²) in [4.78, 5) is 13.5. The Balaban J connectivity index is 1.58. The van der Waals surface area contributed by atoms with E-state index in [0.29, 0.717) is 17.8 Å². The standard InChI is InChI=1S/C25H33FN2O2/c1-3-30-19-25(12-11-21-7-5-4-6-8-21)13-15-28(16-14-25)18-22-9-10-23(17-24(22)26)27-20(2)29/h4-10,17H,3,11-16,18-19H2,1-2H3,(H,27,29). The Labute approximate surface area is 179 Å². The van der Waals surface area contributed by atoms with Gasteiger partial charge in [-0.2, -0.15) is 0 Å². The molecule has 0 spiro atoms. The highest BCUT2D eigenvalue weighted by atomic mass is 19.1. The lowest BCUT2D eigenvalue weighted by molar-refractivity contribution is -0.114. The number of piperidine rings is 1. The van der Waals surface area contributed by atoms with Crippen molar-refractivity contribution in [1.82, 2.24) is 4.90 Å². The minimum absolute atomic E-state index is 0.191. The first-order valence-electron chi connectivity index (χ1n) is 10.9. The Morgan fingerprint density at radius 2 is 1.90 bits per heavy atom. The van der Waals surface area contributed by atoms with Gasteiger partial charge < -0.3 is 10.1 Å². The largest absolute Gasteiger partial charge is 0.381 e. The van der Waals surface area contributed by atoms with E-state index < -0.39 is 0 Å². The fourth-order valence-corrected chi connectivity index (χ4v) is 4.22. The van der Waals surface area contributed by atoms with Crippen molar-refractivity contribution in [2.75, 3.05) is 31.6 Å². The van der Waals surface area contributed by atoms with Gasteiger partial charge in [0.2, 0.25) is 5.91 Å². The number of amides is 1. The summed E-state index contributed by atoms with van der Waals surface area (Å²) in [5.41, 5.74) is 2.73. The van der Waals surface area contributed by atoms with Crippen molar-refractivity contribution in [3.05, 3.63) is 65.5 Å². The van der Waals surface area contributed by atoms with Gasteiger partial charge in [-0.3, -0.25) is 9.69 Å². The fourth-order valence-electron chi connectivity index (χ4n) is 4.22. The van der Waals surface area contributed by atoms with Crippen molar-refractivity contribution >= 4 is 11.6 Å². The molecule has 1 aliphatic heterocycles. The quantitative estimate of drug-likeness (QED) is 0.628. The predicted octanol–water partition coefficient (Wildman–Crippen LogP) is 5.04. The van der Waals surface area contributed by atoms with Gasteiger partial charge in [0.25, 0.3) is 0 Å². The summed E-state index contributed by atoms with van der Waals surface area (Å²) in [7, 11) is 0. The lowest BCUT2D eigenvalue weighted by Gasteiger charge is -2.42. The van der Waals surface area contributed by atoms with E-state index >= 15 is 0 Å². The van der Waals surface area contributed by atoms with Gasteiger partial charge in [0.1, 0.15) is 5.82 Å². The van der Waals surface area contributed by atoms with E-state index in [0.717, 1.165) is 52.0 Å². The summed E-state index contributed by atoms with van der Waals surface area (Å²) < 4.78 is 20.4. The Kier molecular flexibility index (Phi) is 8.00. The molecule has 162 valence electrons. The molecule has 3 rings (SSSR count). The topological polar surface area (TPSA) is 41.6 Å². The second-order valence-corrected chi connectivity index (χ2v) is 8.39. The Morgan fingerprint density at radius 1 is 1.17 bits per heavy atom. The Hall–Kier alpha value is -2.24. The molecule has 30 heavy (non-hydrogen) atoms. The van der Waals surface area contributed by atoms with Crippen LogP contribution in [0.15, 0.2) is 48.5 Å². The summed E-state index contributed by atoms with van der Waals surface area (Å²) in [6, 6.07) is 15.6. The van der Waals surface area contributed by atoms with Crippen LogP contribution >= 0.6 is 0 Å². The van der Waals surface area contributed by atoms with Crippen molar-refractivity contribution in [1.29, 1.82) is 0 Å². The number of aryl methyl sites for hydroxylation is 1. The molecule has 4 nitrogen and oxygen atoms in total. The first kappa shape index (κ1) is 22.4. The molecule has 0 radical (unpaired) electrons. The average molecular weight is 413 g/mol. The number of rotatable bonds is 9. The maximum atomic E-state index is 14.5. The van der Waals surface area contributed by atoms with Crippen LogP contribution in [0.4, 0.5) is 10.1 Å². The summed E-state index contributed by atoms with van der Waals surface area (Å²) >= 11 is 0. The van der Waals surface area contributed by atoms with Gasteiger partial charge in [-0.15, -0.1) is 0 Å². The van der Waals surface area contributed by atoms with Crippen LogP contribution in [-0.2, 0) is 22.5 Å². The normalized spacial score (nSPS) is 16.4. The number of ether oxygens (including phenoxy) is 1. The second kappa shape index (κ2) is 10.7. The van der Waals surface area contributed by atoms with Gasteiger partial charge in [0.05, 0.1) is 6.61 Å². The minimum Gasteiger partial charge on any atom is -0.381 e. The van der Waals surface area contributed by atoms with E-state index in [1.54, 1.807) is 12.1 Å². The molecule has 0 atom stereocenters. The number of hydrogen-bond acceptors (Lipinski definition) is 3. The number of anilines is 1. The van der Waals surface area contributed by atoms with Crippen molar-refractivity contribution in [3.63, 3.8) is 0 Å². The number of halogens is 1. The molecular weight excluding hydrogens is 379 g/mol. The average Bonchev–Trinajstić information content (AvgIpc) is 2.74. The molecule has 0 aromatic heterocycles. The van der Waals surface area contributed by atoms with Gasteiger partial charge in [-0.25, -0.2) is 4.39 Å². The van der Waals surface area contributed by atoms with Crippen molar-refractivity contribution in [2.45, 2.75) is 46.1 Å². The van der Waals surface area contributed by atoms with E-state index in [-0.39, 0.29) is 17.1 Å². The summed E-state index contributed by atoms with van der Waals surface area (Å²) in [5.74, 6) is -0.462. The minimum atomic E-state index is -0.267. The third-order valence-electron chi connectivity index (χ3n) is 6.08. The highest BCUT2D eigenvalue weighted by Gasteiger charge is 2.34. The van der Waals surface area contributed by atoms with Crippen LogP contribution in [0.2, 0.25) is 0 Å². The zero-order chi connectivity index (χ0) is 21.4. The smallest absolute Gasteiger partial charge is 0.221 e. The van der Waals surface area contributed by atoms with Gasteiger partial charge in [0.15, 0.2) is 0 Å². The monoisotopic (exact) mass is 412 g/mol. The number of carbonyl (C=O) groups is 1. The van der Waals surface area contributed by atoms with Gasteiger partial charge in [0, 0.05) is 31.3 Å². The van der Waals surface area contributed by atoms with E-state index in [1.807, 2.05) is 6.92 Å². The molecule has 2 aromatic carbocycles. The molecule has 0 unspecified atom stereocenters. The molecule has 1 heterocycles. The molecular formula is C25H33FN2O2. The number of likely N-dealkylation sites (tertiary alicyclic amines) is 1. The first-order chi connectivity index (χ1) is 14.5. The fraction of sp³-hybridized carbons (Fsp3) is 0.480. The SMILES string of the molecule is CCOCC1(CCc2ccccc2)CCN(Cc2ccc(NC(C)=O)cc2F)CC1. The molecule has 5 heteroatoms. The van der Waals surface area contributed by atoms with Crippen LogP contribution in [-0.4, -0.2) is 37.1 Å². The summed E-state index contributed by atoms with van der Waals surface area (Å²) in [6.45, 7) is 7.48. The summed E-state index contributed by atoms with van der Waals surface area (Å²) in [6.07, 6.45) is 4.30. The zero-order valence-corrected chi connectivity index (χ0v) is 18.1. The molecule has 1 amide bonds. The van der Waals surface area contributed by atoms with Crippen LogP contribution in [0.3, 0.4) is 0 Å². The van der Waals surface area contributed by atoms with E-state index in [4.69, 9.17) is 4.74 Å². The second-order valence-electron chi connectivity index (χ2n) is 8.39. The molecule has 0 aliphatic carbocycles. The number of hydrogen-bond donors (Lipinski definition) is 1. The van der Waals surface area contributed by atoms with E-state index in [2.05, 4.69) is 40.5 Å². The highest BCUT2D eigenvalue weighted by Crippen LogP contribution is 2.37. The van der Waals surface area contributed by atoms with Crippen LogP contribution in [0.5, 0.6) is 0 Å². The maximum Gasteiger partial charge on any atom is 0.221 e. The lowest BCUT2D eigenvalue weighted by atomic mass is 9.74. The van der Waals surface area contributed by atoms with Crippen LogP contribution in [0, 0.1) is 11.2 Å². The first-order valence-corrected chi connectivity index (χ1v) is 10.9. The molecule has 0 bridgehead atoms. The number of carbonyl (C=O) groups excluding carboxylic acids is 1. The molecule has 2 aromatic rings. The third-order valence-corrected chi connectivity index (χ3v) is 6.08.